The summed E-state index contributed by atoms with van der Waals surface area (Å²) in [6, 6.07) is 14.1. The Hall–Kier alpha value is -3.38. The number of hydrogen-bond acceptors (Lipinski definition) is 5. The smallest absolute Gasteiger partial charge is 0.189 e. The maximum Gasteiger partial charge on any atom is 0.189 e. The van der Waals surface area contributed by atoms with E-state index < -0.39 is 6.23 Å². The molecule has 4 aromatic rings. The highest BCUT2D eigenvalue weighted by atomic mass is 16.5. The Morgan fingerprint density at radius 3 is 2.69 bits per heavy atom. The van der Waals surface area contributed by atoms with Crippen LogP contribution in [0.4, 0.5) is 0 Å². The first-order chi connectivity index (χ1) is 12.7. The van der Waals surface area contributed by atoms with E-state index in [0.29, 0.717) is 28.0 Å². The van der Waals surface area contributed by atoms with E-state index in [1.54, 1.807) is 36.2 Å². The first-order valence-electron chi connectivity index (χ1n) is 8.04. The highest BCUT2D eigenvalue weighted by Gasteiger charge is 2.17. The van der Waals surface area contributed by atoms with E-state index in [1.807, 2.05) is 30.3 Å². The first-order valence-corrected chi connectivity index (χ1v) is 8.04. The molecule has 1 N–H and O–H groups in total. The molecule has 0 saturated heterocycles. The topological polar surface area (TPSA) is 77.5 Å². The molecule has 0 aliphatic rings. The van der Waals surface area contributed by atoms with Crippen molar-refractivity contribution in [2.45, 2.75) is 6.23 Å². The van der Waals surface area contributed by atoms with Gasteiger partial charge < -0.3 is 18.8 Å². The van der Waals surface area contributed by atoms with Gasteiger partial charge in [0, 0.05) is 29.3 Å². The van der Waals surface area contributed by atoms with Gasteiger partial charge in [0.05, 0.1) is 24.4 Å². The number of methoxy groups -OCH3 is 1. The lowest BCUT2D eigenvalue weighted by Gasteiger charge is -2.19. The predicted octanol–water partition coefficient (Wildman–Crippen LogP) is 3.20. The van der Waals surface area contributed by atoms with Crippen molar-refractivity contribution < 1.29 is 14.3 Å². The molecule has 0 aliphatic heterocycles. The van der Waals surface area contributed by atoms with Gasteiger partial charge in [-0.05, 0) is 6.07 Å². The maximum absolute atomic E-state index is 12.4. The van der Waals surface area contributed by atoms with Crippen LogP contribution < -0.4 is 10.2 Å². The second-order valence-electron chi connectivity index (χ2n) is 5.81. The lowest BCUT2D eigenvalue weighted by Crippen LogP contribution is -2.14. The highest BCUT2D eigenvalue weighted by Crippen LogP contribution is 2.34. The first kappa shape index (κ1) is 16.1. The molecule has 1 unspecified atom stereocenters. The molecule has 0 amide bonds. The van der Waals surface area contributed by atoms with Gasteiger partial charge in [0.15, 0.2) is 23.8 Å². The zero-order chi connectivity index (χ0) is 18.1. The van der Waals surface area contributed by atoms with E-state index in [2.05, 4.69) is 4.98 Å². The molecule has 6 nitrogen and oxygen atoms in total. The van der Waals surface area contributed by atoms with E-state index >= 15 is 0 Å². The van der Waals surface area contributed by atoms with Crippen LogP contribution in [-0.4, -0.2) is 21.8 Å². The van der Waals surface area contributed by atoms with Gasteiger partial charge in [-0.25, -0.2) is 4.98 Å². The Morgan fingerprint density at radius 2 is 2.00 bits per heavy atom. The average Bonchev–Trinajstić information content (AvgIpc) is 3.22. The minimum Gasteiger partial charge on any atom is -0.496 e. The zero-order valence-electron chi connectivity index (χ0n) is 14.0. The number of ether oxygens (including phenoxy) is 1. The van der Waals surface area contributed by atoms with E-state index in [1.165, 1.54) is 12.5 Å². The van der Waals surface area contributed by atoms with Crippen molar-refractivity contribution in [3.05, 3.63) is 83.1 Å². The number of nitrogens with zero attached hydrogens (tertiary/aromatic N) is 2. The minimum absolute atomic E-state index is 0.153. The van der Waals surface area contributed by atoms with Gasteiger partial charge in [-0.2, -0.15) is 0 Å². The van der Waals surface area contributed by atoms with Crippen molar-refractivity contribution in [3.63, 3.8) is 0 Å². The van der Waals surface area contributed by atoms with Gasteiger partial charge >= 0.3 is 0 Å². The monoisotopic (exact) mass is 348 g/mol. The normalized spacial score (nSPS) is 12.2. The second-order valence-corrected chi connectivity index (χ2v) is 5.81. The molecule has 0 radical (unpaired) electrons. The third kappa shape index (κ3) is 2.66. The van der Waals surface area contributed by atoms with E-state index in [9.17, 15) is 9.90 Å². The van der Waals surface area contributed by atoms with Crippen LogP contribution in [0.5, 0.6) is 5.75 Å². The molecule has 0 aliphatic carbocycles. The van der Waals surface area contributed by atoms with Crippen LogP contribution in [0.1, 0.15) is 11.8 Å². The fourth-order valence-electron chi connectivity index (χ4n) is 3.01. The summed E-state index contributed by atoms with van der Waals surface area (Å²) >= 11 is 0. The Balaban J connectivity index is 1.96. The highest BCUT2D eigenvalue weighted by molar-refractivity contribution is 5.87. The van der Waals surface area contributed by atoms with Gasteiger partial charge in [-0.1, -0.05) is 30.3 Å². The summed E-state index contributed by atoms with van der Waals surface area (Å²) in [6.45, 7) is 0. The van der Waals surface area contributed by atoms with Crippen molar-refractivity contribution in [3.8, 4) is 17.1 Å². The SMILES string of the molecule is COc1cc2c(cc1-c1cnco1)c(=O)ccn2C(O)c1ccccc1. The number of fused-ring (bicyclic) bond motifs is 1. The van der Waals surface area contributed by atoms with Crippen molar-refractivity contribution in [1.82, 2.24) is 9.55 Å². The summed E-state index contributed by atoms with van der Waals surface area (Å²) < 4.78 is 12.5. The summed E-state index contributed by atoms with van der Waals surface area (Å²) in [5.74, 6) is 1.02. The number of aliphatic hydroxyl groups is 1. The second kappa shape index (κ2) is 6.50. The van der Waals surface area contributed by atoms with Crippen LogP contribution in [0.15, 0.2) is 76.5 Å². The van der Waals surface area contributed by atoms with Crippen LogP contribution in [0.3, 0.4) is 0 Å². The summed E-state index contributed by atoms with van der Waals surface area (Å²) in [5, 5.41) is 11.2. The largest absolute Gasteiger partial charge is 0.496 e. The Kier molecular flexibility index (Phi) is 4.02. The summed E-state index contributed by atoms with van der Waals surface area (Å²) in [6.07, 6.45) is 3.53. The molecule has 4 rings (SSSR count). The fourth-order valence-corrected chi connectivity index (χ4v) is 3.01. The number of benzene rings is 2. The zero-order valence-corrected chi connectivity index (χ0v) is 14.0. The van der Waals surface area contributed by atoms with Crippen molar-refractivity contribution in [2.75, 3.05) is 7.11 Å². The molecule has 2 heterocycles. The molecule has 0 fully saturated rings. The van der Waals surface area contributed by atoms with Gasteiger partial charge in [-0.3, -0.25) is 4.79 Å². The Morgan fingerprint density at radius 1 is 1.19 bits per heavy atom. The molecule has 0 spiro atoms. The van der Waals surface area contributed by atoms with Crippen LogP contribution in [-0.2, 0) is 0 Å². The van der Waals surface area contributed by atoms with Gasteiger partial charge in [0.25, 0.3) is 0 Å². The minimum atomic E-state index is -0.930. The molecule has 0 saturated carbocycles. The molecule has 0 bridgehead atoms. The molecular weight excluding hydrogens is 332 g/mol. The number of oxazole rings is 1. The van der Waals surface area contributed by atoms with E-state index in [4.69, 9.17) is 9.15 Å². The van der Waals surface area contributed by atoms with E-state index in [-0.39, 0.29) is 5.43 Å². The van der Waals surface area contributed by atoms with Gasteiger partial charge in [0.1, 0.15) is 5.75 Å². The Labute approximate surface area is 148 Å². The van der Waals surface area contributed by atoms with Crippen LogP contribution >= 0.6 is 0 Å². The molecule has 6 heteroatoms. The summed E-state index contributed by atoms with van der Waals surface area (Å²) in [5.41, 5.74) is 1.76. The van der Waals surface area contributed by atoms with Gasteiger partial charge in [-0.15, -0.1) is 0 Å². The number of aromatic nitrogens is 2. The fraction of sp³-hybridized carbons (Fsp3) is 0.100. The molecular formula is C20H16N2O4. The number of aliphatic hydroxyl groups excluding tert-OH is 1. The van der Waals surface area contributed by atoms with Crippen LogP contribution in [0.2, 0.25) is 0 Å². The number of rotatable bonds is 4. The standard InChI is InChI=1S/C20H16N2O4/c1-25-18-10-16-14(9-15(18)19-11-21-12-26-19)17(23)7-8-22(16)20(24)13-5-3-2-4-6-13/h2-12,20,24H,1H3. The Bertz CT molecular complexity index is 1100. The molecule has 130 valence electrons. The van der Waals surface area contributed by atoms with Crippen molar-refractivity contribution >= 4 is 10.9 Å². The van der Waals surface area contributed by atoms with Gasteiger partial charge in [0.2, 0.25) is 0 Å². The van der Waals surface area contributed by atoms with Crippen LogP contribution in [0, 0.1) is 0 Å². The lowest BCUT2D eigenvalue weighted by atomic mass is 10.1. The van der Waals surface area contributed by atoms with Crippen molar-refractivity contribution in [2.24, 2.45) is 0 Å². The molecule has 1 atom stereocenters. The molecule has 2 aromatic heterocycles. The summed E-state index contributed by atoms with van der Waals surface area (Å²) in [7, 11) is 1.54. The average molecular weight is 348 g/mol. The van der Waals surface area contributed by atoms with Crippen LogP contribution in [0.25, 0.3) is 22.2 Å². The molecule has 2 aromatic carbocycles. The third-order valence-corrected chi connectivity index (χ3v) is 4.31. The number of pyridine rings is 1. The predicted molar refractivity (Wildman–Crippen MR) is 97.1 cm³/mol. The lowest BCUT2D eigenvalue weighted by molar-refractivity contribution is 0.150. The maximum atomic E-state index is 12.4. The number of hydrogen-bond donors (Lipinski definition) is 1. The summed E-state index contributed by atoms with van der Waals surface area (Å²) in [4.78, 5) is 16.3. The quantitative estimate of drug-likeness (QED) is 0.613. The third-order valence-electron chi connectivity index (χ3n) is 4.31. The van der Waals surface area contributed by atoms with Crippen molar-refractivity contribution in [1.29, 1.82) is 0 Å². The molecule has 26 heavy (non-hydrogen) atoms. The van der Waals surface area contributed by atoms with E-state index in [0.717, 1.165) is 5.56 Å².